The number of aromatic nitrogens is 1. The second-order valence-electron chi connectivity index (χ2n) is 3.81. The molecule has 0 saturated heterocycles. The molecule has 2 rings (SSSR count). The van der Waals surface area contributed by atoms with E-state index in [9.17, 15) is 13.2 Å². The Balaban J connectivity index is 2.35. The third kappa shape index (κ3) is 3.17. The lowest BCUT2D eigenvalue weighted by molar-refractivity contribution is 0.0702. The summed E-state index contributed by atoms with van der Waals surface area (Å²) in [4.78, 5) is 15.1. The number of nitrogens with zero attached hydrogens (tertiary/aromatic N) is 1. The molecule has 2 aromatic heterocycles. The van der Waals surface area contributed by atoms with E-state index in [2.05, 4.69) is 25.6 Å². The molecule has 0 saturated carbocycles. The van der Waals surface area contributed by atoms with Crippen molar-refractivity contribution in [3.8, 4) is 0 Å². The number of rotatable bonds is 4. The maximum Gasteiger partial charge on any atom is 0.345 e. The number of hydrogen-bond donors (Lipinski definition) is 2. The van der Waals surface area contributed by atoms with Gasteiger partial charge in [-0.1, -0.05) is 0 Å². The maximum absolute atomic E-state index is 12.2. The van der Waals surface area contributed by atoms with Gasteiger partial charge in [-0.3, -0.25) is 4.72 Å². The van der Waals surface area contributed by atoms with Gasteiger partial charge in [0.15, 0.2) is 0 Å². The first kappa shape index (κ1) is 14.9. The van der Waals surface area contributed by atoms with Crippen molar-refractivity contribution in [2.45, 2.75) is 11.8 Å². The van der Waals surface area contributed by atoms with Gasteiger partial charge < -0.3 is 5.11 Å². The average Bonchev–Trinajstić information content (AvgIpc) is 2.75. The number of carboxylic acid groups (broad SMARTS) is 1. The summed E-state index contributed by atoms with van der Waals surface area (Å²) in [6, 6.07) is 4.30. The zero-order chi connectivity index (χ0) is 14.9. The largest absolute Gasteiger partial charge is 0.477 e. The molecule has 2 aromatic rings. The minimum atomic E-state index is -3.83. The number of anilines is 1. The molecule has 0 bridgehead atoms. The van der Waals surface area contributed by atoms with Crippen molar-refractivity contribution in [1.29, 1.82) is 0 Å². The first-order valence-corrected chi connectivity index (χ1v) is 8.37. The van der Waals surface area contributed by atoms with Crippen LogP contribution in [-0.4, -0.2) is 24.5 Å². The molecule has 0 fully saturated rings. The number of halogens is 1. The van der Waals surface area contributed by atoms with E-state index < -0.39 is 16.0 Å². The molecule has 0 unspecified atom stereocenters. The Morgan fingerprint density at radius 2 is 2.15 bits per heavy atom. The lowest BCUT2D eigenvalue weighted by Crippen LogP contribution is -2.13. The number of carboxylic acids is 1. The van der Waals surface area contributed by atoms with Gasteiger partial charge in [0.25, 0.3) is 10.0 Å². The van der Waals surface area contributed by atoms with Gasteiger partial charge in [0, 0.05) is 4.88 Å². The summed E-state index contributed by atoms with van der Waals surface area (Å²) >= 11 is 4.07. The third-order valence-electron chi connectivity index (χ3n) is 2.35. The van der Waals surface area contributed by atoms with Gasteiger partial charge in [0.1, 0.15) is 14.4 Å². The third-order valence-corrected chi connectivity index (χ3v) is 5.50. The molecule has 20 heavy (non-hydrogen) atoms. The minimum Gasteiger partial charge on any atom is -0.477 e. The lowest BCUT2D eigenvalue weighted by atomic mass is 10.4. The molecule has 2 N–H and O–H groups in total. The number of aryl methyl sites for hydroxylation is 1. The highest BCUT2D eigenvalue weighted by atomic mass is 79.9. The highest BCUT2D eigenvalue weighted by molar-refractivity contribution is 9.10. The monoisotopic (exact) mass is 376 g/mol. The molecule has 0 aliphatic heterocycles. The molecule has 0 radical (unpaired) electrons. The molecule has 0 spiro atoms. The Kier molecular flexibility index (Phi) is 4.11. The van der Waals surface area contributed by atoms with Crippen molar-refractivity contribution in [3.63, 3.8) is 0 Å². The molecule has 0 atom stereocenters. The number of sulfonamides is 1. The van der Waals surface area contributed by atoms with Crippen LogP contribution in [0.2, 0.25) is 0 Å². The van der Waals surface area contributed by atoms with E-state index in [1.165, 1.54) is 6.20 Å². The topological polar surface area (TPSA) is 96.4 Å². The quantitative estimate of drug-likeness (QED) is 0.799. The van der Waals surface area contributed by atoms with Gasteiger partial charge in [-0.2, -0.15) is 0 Å². The number of hydrogen-bond acceptors (Lipinski definition) is 5. The summed E-state index contributed by atoms with van der Waals surface area (Å²) < 4.78 is 27.4. The first-order valence-electron chi connectivity index (χ1n) is 5.28. The summed E-state index contributed by atoms with van der Waals surface area (Å²) in [6.07, 6.45) is 1.36. The van der Waals surface area contributed by atoms with Crippen LogP contribution in [0.4, 0.5) is 5.69 Å². The smallest absolute Gasteiger partial charge is 0.345 e. The molecule has 6 nitrogen and oxygen atoms in total. The second kappa shape index (κ2) is 5.51. The Morgan fingerprint density at radius 1 is 1.45 bits per heavy atom. The summed E-state index contributed by atoms with van der Waals surface area (Å²) in [5.41, 5.74) is 0.302. The van der Waals surface area contributed by atoms with Crippen LogP contribution in [0.15, 0.2) is 33.9 Å². The van der Waals surface area contributed by atoms with E-state index in [-0.39, 0.29) is 9.77 Å². The number of carbonyl (C=O) groups is 1. The van der Waals surface area contributed by atoms with Gasteiger partial charge in [0.05, 0.1) is 11.9 Å². The Hall–Kier alpha value is -1.45. The molecule has 9 heteroatoms. The SMILES string of the molecule is Cc1sc(C(=O)O)cc1S(=O)(=O)Nc1ccc(Br)nc1. The standard InChI is InChI=1S/C11H9BrN2O4S2/c1-6-9(4-8(19-6)11(15)16)20(17,18)14-7-2-3-10(12)13-5-7/h2-5,14H,1H3,(H,15,16). The van der Waals surface area contributed by atoms with Crippen LogP contribution in [0.5, 0.6) is 0 Å². The summed E-state index contributed by atoms with van der Waals surface area (Å²) in [5, 5.41) is 8.89. The van der Waals surface area contributed by atoms with Crippen LogP contribution in [0.3, 0.4) is 0 Å². The number of nitrogens with one attached hydrogen (secondary N) is 1. The van der Waals surface area contributed by atoms with Gasteiger partial charge >= 0.3 is 5.97 Å². The predicted octanol–water partition coefficient (Wildman–Crippen LogP) is 2.71. The zero-order valence-electron chi connectivity index (χ0n) is 10.1. The fourth-order valence-corrected chi connectivity index (χ4v) is 4.19. The molecule has 2 heterocycles. The van der Waals surface area contributed by atoms with Gasteiger partial charge in [-0.05, 0) is 41.1 Å². The lowest BCUT2D eigenvalue weighted by Gasteiger charge is -2.06. The van der Waals surface area contributed by atoms with E-state index >= 15 is 0 Å². The Morgan fingerprint density at radius 3 is 2.65 bits per heavy atom. The van der Waals surface area contributed by atoms with Crippen molar-refractivity contribution < 1.29 is 18.3 Å². The van der Waals surface area contributed by atoms with Crippen LogP contribution >= 0.6 is 27.3 Å². The normalized spacial score (nSPS) is 11.3. The molecule has 0 amide bonds. The van der Waals surface area contributed by atoms with Crippen LogP contribution < -0.4 is 4.72 Å². The zero-order valence-corrected chi connectivity index (χ0v) is 13.3. The molecule has 0 aliphatic carbocycles. The second-order valence-corrected chi connectivity index (χ2v) is 7.53. The minimum absolute atomic E-state index is 0.0168. The van der Waals surface area contributed by atoms with Crippen molar-refractivity contribution in [2.24, 2.45) is 0 Å². The van der Waals surface area contributed by atoms with Crippen LogP contribution in [0.25, 0.3) is 0 Å². The molecular weight excluding hydrogens is 368 g/mol. The van der Waals surface area contributed by atoms with Crippen LogP contribution in [-0.2, 0) is 10.0 Å². The molecular formula is C11H9BrN2O4S2. The number of aromatic carboxylic acids is 1. The van der Waals surface area contributed by atoms with Crippen molar-refractivity contribution in [1.82, 2.24) is 4.98 Å². The molecule has 106 valence electrons. The Labute approximate surface area is 127 Å². The predicted molar refractivity (Wildman–Crippen MR) is 78.8 cm³/mol. The van der Waals surface area contributed by atoms with Crippen LogP contribution in [0, 0.1) is 6.92 Å². The fourth-order valence-electron chi connectivity index (χ4n) is 1.48. The Bertz CT molecular complexity index is 753. The van der Waals surface area contributed by atoms with Crippen molar-refractivity contribution in [2.75, 3.05) is 4.72 Å². The number of thiophene rings is 1. The van der Waals surface area contributed by atoms with E-state index in [0.29, 0.717) is 15.2 Å². The highest BCUT2D eigenvalue weighted by Crippen LogP contribution is 2.27. The van der Waals surface area contributed by atoms with Crippen molar-refractivity contribution >= 4 is 48.9 Å². The van der Waals surface area contributed by atoms with E-state index in [4.69, 9.17) is 5.11 Å². The summed E-state index contributed by atoms with van der Waals surface area (Å²) in [6.45, 7) is 1.56. The van der Waals surface area contributed by atoms with Gasteiger partial charge in [0.2, 0.25) is 0 Å². The average molecular weight is 377 g/mol. The number of pyridine rings is 1. The van der Waals surface area contributed by atoms with E-state index in [1.54, 1.807) is 19.1 Å². The summed E-state index contributed by atoms with van der Waals surface area (Å²) in [7, 11) is -3.83. The van der Waals surface area contributed by atoms with Gasteiger partial charge in [-0.25, -0.2) is 18.2 Å². The van der Waals surface area contributed by atoms with E-state index in [0.717, 1.165) is 17.4 Å². The van der Waals surface area contributed by atoms with Crippen molar-refractivity contribution in [3.05, 3.63) is 38.8 Å². The molecule has 0 aromatic carbocycles. The van der Waals surface area contributed by atoms with Gasteiger partial charge in [-0.15, -0.1) is 11.3 Å². The van der Waals surface area contributed by atoms with Crippen LogP contribution in [0.1, 0.15) is 14.5 Å². The molecule has 0 aliphatic rings. The first-order chi connectivity index (χ1) is 9.29. The summed E-state index contributed by atoms with van der Waals surface area (Å²) in [5.74, 6) is -1.15. The highest BCUT2D eigenvalue weighted by Gasteiger charge is 2.22. The maximum atomic E-state index is 12.2. The van der Waals surface area contributed by atoms with E-state index in [1.807, 2.05) is 0 Å². The fraction of sp³-hybridized carbons (Fsp3) is 0.0909.